The molecule has 2 aliphatic rings. The van der Waals surface area contributed by atoms with Crippen LogP contribution in [0.25, 0.3) is 11.2 Å². The maximum absolute atomic E-state index is 14.4. The largest absolute Gasteiger partial charge is 0.514 e. The molecule has 0 saturated carbocycles. The Balaban J connectivity index is 1.32. The average molecular weight is 649 g/mol. The first-order valence-corrected chi connectivity index (χ1v) is 14.0. The topological polar surface area (TPSA) is 203 Å². The number of fused-ring (bicyclic) bond motifs is 1. The third-order valence-corrected chi connectivity index (χ3v) is 6.66. The van der Waals surface area contributed by atoms with E-state index in [0.717, 1.165) is 6.26 Å². The second-order valence-corrected chi connectivity index (χ2v) is 11.4. The normalized spacial score (nSPS) is 23.4. The first-order valence-electron chi connectivity index (χ1n) is 14.0. The van der Waals surface area contributed by atoms with Crippen molar-refractivity contribution < 1.29 is 57.1 Å². The van der Waals surface area contributed by atoms with Gasteiger partial charge in [0.15, 0.2) is 34.4 Å². The molecule has 46 heavy (non-hydrogen) atoms. The van der Waals surface area contributed by atoms with Gasteiger partial charge in [0.1, 0.15) is 30.8 Å². The van der Waals surface area contributed by atoms with E-state index in [2.05, 4.69) is 26.2 Å². The summed E-state index contributed by atoms with van der Waals surface area (Å²) in [6.45, 7) is 6.11. The van der Waals surface area contributed by atoms with E-state index in [4.69, 9.17) is 34.8 Å². The molecule has 0 spiro atoms. The van der Waals surface area contributed by atoms with Crippen LogP contribution in [0.4, 0.5) is 24.6 Å². The number of cyclic esters (lactones) is 2. The van der Waals surface area contributed by atoms with Crippen LogP contribution in [0, 0.1) is 18.4 Å². The van der Waals surface area contributed by atoms with Gasteiger partial charge in [-0.25, -0.2) is 19.4 Å². The number of esters is 1. The fourth-order valence-corrected chi connectivity index (χ4v) is 4.35. The number of carbonyl (C=O) groups is 4. The van der Waals surface area contributed by atoms with E-state index in [9.17, 15) is 28.7 Å². The molecule has 2 amide bonds. The highest BCUT2D eigenvalue weighted by Crippen LogP contribution is 2.38. The van der Waals surface area contributed by atoms with Crippen molar-refractivity contribution in [3.05, 3.63) is 24.4 Å². The molecular weight excluding hydrogens is 615 g/mol. The summed E-state index contributed by atoms with van der Waals surface area (Å²) in [7, 11) is 1.44. The lowest BCUT2D eigenvalue weighted by Crippen LogP contribution is -2.43. The first kappa shape index (κ1) is 33.9. The molecule has 18 heteroatoms. The summed E-state index contributed by atoms with van der Waals surface area (Å²) in [5.74, 6) is 1.46. The molecule has 0 aromatic carbocycles. The van der Waals surface area contributed by atoms with Crippen LogP contribution in [-0.4, -0.2) is 97.4 Å². The van der Waals surface area contributed by atoms with Gasteiger partial charge in [-0.3, -0.25) is 14.7 Å². The summed E-state index contributed by atoms with van der Waals surface area (Å²) in [4.78, 5) is 60.7. The minimum Gasteiger partial charge on any atom is -0.461 e. The Morgan fingerprint density at radius 3 is 2.74 bits per heavy atom. The Kier molecular flexibility index (Phi) is 9.97. The Morgan fingerprint density at radius 2 is 2.09 bits per heavy atom. The van der Waals surface area contributed by atoms with Gasteiger partial charge in [0.05, 0.1) is 6.33 Å². The molecule has 1 unspecified atom stereocenters. The van der Waals surface area contributed by atoms with E-state index < -0.39 is 66.6 Å². The van der Waals surface area contributed by atoms with Crippen molar-refractivity contribution in [3.63, 3.8) is 0 Å². The number of nitrogens with zero attached hydrogens (tertiary/aromatic N) is 5. The van der Waals surface area contributed by atoms with Gasteiger partial charge >= 0.3 is 30.4 Å². The van der Waals surface area contributed by atoms with Crippen LogP contribution < -0.4 is 5.32 Å². The van der Waals surface area contributed by atoms with Crippen molar-refractivity contribution in [2.45, 2.75) is 76.6 Å². The van der Waals surface area contributed by atoms with Gasteiger partial charge in [-0.2, -0.15) is 14.4 Å². The van der Waals surface area contributed by atoms with Crippen molar-refractivity contribution in [1.82, 2.24) is 24.4 Å². The Hall–Kier alpha value is -5.02. The smallest absolute Gasteiger partial charge is 0.461 e. The number of hydrogen-bond donors (Lipinski definition) is 2. The van der Waals surface area contributed by atoms with Crippen molar-refractivity contribution in [2.24, 2.45) is 0 Å². The highest BCUT2D eigenvalue weighted by Gasteiger charge is 2.49. The number of imidazole rings is 1. The SMILES string of the molecule is C#C[C@]1(COC(=O)CCCN(C)C(=O)OC=C2OC(=O)OC2C)O[C@@H](n2cnc3c(NC(=O)OC(C)(C)C)nc(F)nc32)C[C@@H]1O. The standard InChI is InChI=1S/C28H33FN6O11/c1-7-28(13-42-19(37)9-8-10-34(6)25(39)41-12-16-15(2)43-26(40)44-16)17(36)11-18(45-28)35-14-30-20-21(31-23(29)33-22(20)35)32-24(38)46-27(3,4)5/h1,12,14-15,17-18,36H,8-11,13H2,2-6H3,(H,31,32,33,38)/t15?,17-,18+,28+/m0/s1. The van der Waals surface area contributed by atoms with Crippen molar-refractivity contribution in [3.8, 4) is 12.3 Å². The van der Waals surface area contributed by atoms with Gasteiger partial charge in [-0.15, -0.1) is 6.42 Å². The van der Waals surface area contributed by atoms with E-state index in [1.807, 2.05) is 0 Å². The fraction of sp³-hybridized carbons (Fsp3) is 0.536. The Morgan fingerprint density at radius 1 is 1.35 bits per heavy atom. The predicted octanol–water partition coefficient (Wildman–Crippen LogP) is 2.75. The van der Waals surface area contributed by atoms with Gasteiger partial charge < -0.3 is 38.4 Å². The molecule has 2 fully saturated rings. The van der Waals surface area contributed by atoms with Crippen LogP contribution in [-0.2, 0) is 33.2 Å². The number of terminal acetylenes is 1. The summed E-state index contributed by atoms with van der Waals surface area (Å²) in [6.07, 6.45) is 1.18. The lowest BCUT2D eigenvalue weighted by Gasteiger charge is -2.26. The average Bonchev–Trinajstić information content (AvgIpc) is 3.63. The number of aromatic nitrogens is 4. The second-order valence-electron chi connectivity index (χ2n) is 11.4. The van der Waals surface area contributed by atoms with Gasteiger partial charge in [0.2, 0.25) is 0 Å². The molecule has 0 aliphatic carbocycles. The van der Waals surface area contributed by atoms with Gasteiger partial charge in [0, 0.05) is 26.4 Å². The number of anilines is 1. The number of halogens is 1. The number of aliphatic hydroxyl groups is 1. The number of carbonyl (C=O) groups excluding carboxylic acids is 4. The third-order valence-electron chi connectivity index (χ3n) is 6.66. The van der Waals surface area contributed by atoms with E-state index in [0.29, 0.717) is 0 Å². The van der Waals surface area contributed by atoms with Crippen LogP contribution in [0.3, 0.4) is 0 Å². The lowest BCUT2D eigenvalue weighted by molar-refractivity contribution is -0.156. The summed E-state index contributed by atoms with van der Waals surface area (Å²) in [5, 5.41) is 13.2. The highest BCUT2D eigenvalue weighted by atomic mass is 19.1. The summed E-state index contributed by atoms with van der Waals surface area (Å²) >= 11 is 0. The van der Waals surface area contributed by atoms with Gasteiger partial charge in [0.25, 0.3) is 0 Å². The Bertz CT molecular complexity index is 1580. The zero-order chi connectivity index (χ0) is 33.8. The molecule has 2 aromatic rings. The van der Waals surface area contributed by atoms with Crippen LogP contribution in [0.1, 0.15) is 53.2 Å². The number of amides is 2. The van der Waals surface area contributed by atoms with Gasteiger partial charge in [-0.05, 0) is 34.1 Å². The number of rotatable bonds is 9. The van der Waals surface area contributed by atoms with Crippen LogP contribution >= 0.6 is 0 Å². The second kappa shape index (κ2) is 13.5. The zero-order valence-corrected chi connectivity index (χ0v) is 25.6. The number of aliphatic hydroxyl groups excluding tert-OH is 1. The number of ether oxygens (including phenoxy) is 6. The van der Waals surface area contributed by atoms with Crippen LogP contribution in [0.5, 0.6) is 0 Å². The van der Waals surface area contributed by atoms with Gasteiger partial charge in [-0.1, -0.05) is 5.92 Å². The molecule has 17 nitrogen and oxygen atoms in total. The van der Waals surface area contributed by atoms with Crippen LogP contribution in [0.2, 0.25) is 0 Å². The van der Waals surface area contributed by atoms with E-state index in [-0.39, 0.29) is 48.5 Å². The molecule has 0 radical (unpaired) electrons. The molecule has 248 valence electrons. The number of hydrogen-bond acceptors (Lipinski definition) is 14. The quantitative estimate of drug-likeness (QED) is 0.132. The van der Waals surface area contributed by atoms with Crippen molar-refractivity contribution in [2.75, 3.05) is 25.5 Å². The predicted molar refractivity (Wildman–Crippen MR) is 152 cm³/mol. The molecule has 2 saturated heterocycles. The molecular formula is C28H33FN6O11. The fourth-order valence-electron chi connectivity index (χ4n) is 4.35. The van der Waals surface area contributed by atoms with E-state index >= 15 is 0 Å². The third kappa shape index (κ3) is 7.97. The molecule has 2 aromatic heterocycles. The molecule has 4 rings (SSSR count). The Labute approximate surface area is 261 Å². The monoisotopic (exact) mass is 648 g/mol. The highest BCUT2D eigenvalue weighted by molar-refractivity contribution is 5.93. The molecule has 0 bridgehead atoms. The molecule has 2 aliphatic heterocycles. The van der Waals surface area contributed by atoms with E-state index in [1.165, 1.54) is 22.8 Å². The molecule has 4 atom stereocenters. The van der Waals surface area contributed by atoms with Crippen molar-refractivity contribution >= 4 is 41.3 Å². The summed E-state index contributed by atoms with van der Waals surface area (Å²) in [5.41, 5.74) is -2.62. The zero-order valence-electron chi connectivity index (χ0n) is 25.6. The van der Waals surface area contributed by atoms with Crippen molar-refractivity contribution in [1.29, 1.82) is 0 Å². The first-order chi connectivity index (χ1) is 21.6. The number of nitrogens with one attached hydrogen (secondary N) is 1. The lowest BCUT2D eigenvalue weighted by atomic mass is 9.99. The van der Waals surface area contributed by atoms with E-state index in [1.54, 1.807) is 27.7 Å². The van der Waals surface area contributed by atoms with Crippen LogP contribution in [0.15, 0.2) is 18.3 Å². The molecule has 2 N–H and O–H groups in total. The summed E-state index contributed by atoms with van der Waals surface area (Å²) in [6, 6.07) is 0. The summed E-state index contributed by atoms with van der Waals surface area (Å²) < 4.78 is 46.6. The minimum absolute atomic E-state index is 0.0195. The molecule has 4 heterocycles. The maximum atomic E-state index is 14.4. The minimum atomic E-state index is -1.75. The maximum Gasteiger partial charge on any atom is 0.514 e.